The smallest absolute Gasteiger partial charge is 0.249 e. The molecule has 0 spiro atoms. The molecule has 94 valence electrons. The Bertz CT molecular complexity index is 530. The van der Waals surface area contributed by atoms with Crippen LogP contribution in [0.5, 0.6) is 0 Å². The van der Waals surface area contributed by atoms with Crippen molar-refractivity contribution >= 4 is 34.7 Å². The monoisotopic (exact) mass is 263 g/mol. The average Bonchev–Trinajstić information content (AvgIpc) is 2.33. The van der Waals surface area contributed by atoms with Gasteiger partial charge >= 0.3 is 0 Å². The van der Waals surface area contributed by atoms with Gasteiger partial charge in [-0.25, -0.2) is 0 Å². The van der Waals surface area contributed by atoms with Crippen molar-refractivity contribution in [2.24, 2.45) is 5.73 Å². The van der Waals surface area contributed by atoms with Gasteiger partial charge in [-0.15, -0.1) is 0 Å². The van der Waals surface area contributed by atoms with Crippen LogP contribution in [0.15, 0.2) is 24.3 Å². The highest BCUT2D eigenvalue weighted by molar-refractivity contribution is 7.80. The third-order valence-corrected chi connectivity index (χ3v) is 3.12. The molecule has 1 fully saturated rings. The van der Waals surface area contributed by atoms with Crippen molar-refractivity contribution < 1.29 is 9.59 Å². The van der Waals surface area contributed by atoms with E-state index in [1.807, 2.05) is 12.1 Å². The van der Waals surface area contributed by atoms with E-state index in [0.717, 1.165) is 0 Å². The van der Waals surface area contributed by atoms with Crippen molar-refractivity contribution in [2.75, 3.05) is 11.4 Å². The first-order chi connectivity index (χ1) is 8.50. The fraction of sp³-hybridized carbons (Fsp3) is 0.250. The Labute approximate surface area is 110 Å². The summed E-state index contributed by atoms with van der Waals surface area (Å²) in [4.78, 5) is 25.0. The van der Waals surface area contributed by atoms with Gasteiger partial charge in [0.05, 0.1) is 6.54 Å². The number of hydrogen-bond acceptors (Lipinski definition) is 4. The van der Waals surface area contributed by atoms with Gasteiger partial charge < -0.3 is 10.6 Å². The minimum absolute atomic E-state index is 0.118. The summed E-state index contributed by atoms with van der Waals surface area (Å²) in [5, 5.41) is 2.29. The fourth-order valence-corrected chi connectivity index (χ4v) is 2.11. The van der Waals surface area contributed by atoms with Crippen LogP contribution in [0.25, 0.3) is 0 Å². The van der Waals surface area contributed by atoms with Crippen LogP contribution in [0.3, 0.4) is 0 Å². The van der Waals surface area contributed by atoms with Gasteiger partial charge in [0.2, 0.25) is 11.8 Å². The molecule has 1 aliphatic heterocycles. The van der Waals surface area contributed by atoms with Crippen molar-refractivity contribution in [2.45, 2.75) is 13.0 Å². The molecule has 0 radical (unpaired) electrons. The number of imide groups is 1. The zero-order valence-electron chi connectivity index (χ0n) is 9.84. The van der Waals surface area contributed by atoms with E-state index in [4.69, 9.17) is 18.0 Å². The third kappa shape index (κ3) is 2.19. The molecule has 1 aromatic carbocycles. The number of piperazine rings is 1. The molecule has 0 aliphatic carbocycles. The second kappa shape index (κ2) is 4.73. The highest BCUT2D eigenvalue weighted by atomic mass is 32.1. The predicted octanol–water partition coefficient (Wildman–Crippen LogP) is 0.172. The molecule has 2 amide bonds. The number of amides is 2. The first-order valence-corrected chi connectivity index (χ1v) is 5.90. The molecule has 1 atom stereocenters. The summed E-state index contributed by atoms with van der Waals surface area (Å²) in [6.45, 7) is 1.85. The molecule has 0 saturated carbocycles. The summed E-state index contributed by atoms with van der Waals surface area (Å²) in [7, 11) is 0. The number of benzene rings is 1. The number of para-hydroxylation sites is 1. The molecular formula is C12H13N3O2S. The average molecular weight is 263 g/mol. The van der Waals surface area contributed by atoms with Crippen LogP contribution in [0, 0.1) is 0 Å². The standard InChI is InChI=1S/C12H13N3O2S/c1-7-12(17)14-10(16)6-15(7)9-5-3-2-4-8(9)11(13)18/h2-5,7H,6H2,1H3,(H2,13,18)(H,14,16,17). The second-order valence-electron chi connectivity index (χ2n) is 4.10. The number of carbonyl (C=O) groups is 2. The third-order valence-electron chi connectivity index (χ3n) is 2.90. The summed E-state index contributed by atoms with van der Waals surface area (Å²) < 4.78 is 0. The molecule has 1 saturated heterocycles. The van der Waals surface area contributed by atoms with Gasteiger partial charge in [0.1, 0.15) is 11.0 Å². The lowest BCUT2D eigenvalue weighted by molar-refractivity contribution is -0.132. The number of nitrogens with one attached hydrogen (secondary N) is 1. The Kier molecular flexibility index (Phi) is 3.29. The molecule has 5 nitrogen and oxygen atoms in total. The van der Waals surface area contributed by atoms with E-state index in [1.165, 1.54) is 0 Å². The van der Waals surface area contributed by atoms with Gasteiger partial charge in [-0.1, -0.05) is 24.4 Å². The molecule has 1 heterocycles. The van der Waals surface area contributed by atoms with Crippen LogP contribution in [-0.2, 0) is 9.59 Å². The van der Waals surface area contributed by atoms with Crippen LogP contribution in [-0.4, -0.2) is 29.4 Å². The zero-order chi connectivity index (χ0) is 13.3. The Morgan fingerprint density at radius 2 is 2.11 bits per heavy atom. The first-order valence-electron chi connectivity index (χ1n) is 5.50. The van der Waals surface area contributed by atoms with E-state index in [2.05, 4.69) is 5.32 Å². The molecule has 1 unspecified atom stereocenters. The molecule has 3 N–H and O–H groups in total. The summed E-state index contributed by atoms with van der Waals surface area (Å²) in [6.07, 6.45) is 0. The minimum Gasteiger partial charge on any atom is -0.389 e. The van der Waals surface area contributed by atoms with Crippen molar-refractivity contribution in [3.63, 3.8) is 0 Å². The predicted molar refractivity (Wildman–Crippen MR) is 72.3 cm³/mol. The molecule has 6 heteroatoms. The number of thiocarbonyl (C=S) groups is 1. The summed E-state index contributed by atoms with van der Waals surface area (Å²) in [5.41, 5.74) is 7.03. The highest BCUT2D eigenvalue weighted by Gasteiger charge is 2.31. The Morgan fingerprint density at radius 3 is 2.78 bits per heavy atom. The summed E-state index contributed by atoms with van der Waals surface area (Å²) in [5.74, 6) is -0.639. The molecule has 0 aromatic heterocycles. The molecule has 18 heavy (non-hydrogen) atoms. The van der Waals surface area contributed by atoms with Crippen molar-refractivity contribution in [3.8, 4) is 0 Å². The maximum Gasteiger partial charge on any atom is 0.249 e. The van der Waals surface area contributed by atoms with Gasteiger partial charge in [0.15, 0.2) is 0 Å². The largest absolute Gasteiger partial charge is 0.389 e. The number of hydrogen-bond donors (Lipinski definition) is 2. The van der Waals surface area contributed by atoms with Gasteiger partial charge in [-0.2, -0.15) is 0 Å². The maximum atomic E-state index is 11.6. The highest BCUT2D eigenvalue weighted by Crippen LogP contribution is 2.23. The summed E-state index contributed by atoms with van der Waals surface area (Å²) >= 11 is 4.98. The topological polar surface area (TPSA) is 75.4 Å². The number of anilines is 1. The van der Waals surface area contributed by atoms with Crippen LogP contribution in [0.2, 0.25) is 0 Å². The fourth-order valence-electron chi connectivity index (χ4n) is 1.94. The Hall–Kier alpha value is -1.95. The summed E-state index contributed by atoms with van der Waals surface area (Å²) in [6, 6.07) is 6.78. The number of nitrogens with zero attached hydrogens (tertiary/aromatic N) is 1. The molecule has 1 aromatic rings. The molecular weight excluding hydrogens is 250 g/mol. The number of rotatable bonds is 2. The van der Waals surface area contributed by atoms with E-state index >= 15 is 0 Å². The van der Waals surface area contributed by atoms with Crippen LogP contribution >= 0.6 is 12.2 Å². The quantitative estimate of drug-likeness (QED) is 0.588. The van der Waals surface area contributed by atoms with Gasteiger partial charge in [0.25, 0.3) is 0 Å². The van der Waals surface area contributed by atoms with Crippen molar-refractivity contribution in [3.05, 3.63) is 29.8 Å². The lowest BCUT2D eigenvalue weighted by atomic mass is 10.1. The molecule has 2 rings (SSSR count). The van der Waals surface area contributed by atoms with Crippen LogP contribution in [0.1, 0.15) is 12.5 Å². The Balaban J connectivity index is 2.44. The maximum absolute atomic E-state index is 11.6. The van der Waals surface area contributed by atoms with Crippen LogP contribution < -0.4 is 16.0 Å². The second-order valence-corrected chi connectivity index (χ2v) is 4.54. The van der Waals surface area contributed by atoms with E-state index in [1.54, 1.807) is 24.0 Å². The van der Waals surface area contributed by atoms with Crippen molar-refractivity contribution in [1.29, 1.82) is 0 Å². The lowest BCUT2D eigenvalue weighted by Gasteiger charge is -2.34. The normalized spacial score (nSPS) is 19.6. The Morgan fingerprint density at radius 1 is 1.44 bits per heavy atom. The first kappa shape index (κ1) is 12.5. The van der Waals surface area contributed by atoms with E-state index in [0.29, 0.717) is 11.3 Å². The lowest BCUT2D eigenvalue weighted by Crippen LogP contribution is -2.57. The molecule has 0 bridgehead atoms. The van der Waals surface area contributed by atoms with E-state index in [9.17, 15) is 9.59 Å². The van der Waals surface area contributed by atoms with Crippen LogP contribution in [0.4, 0.5) is 5.69 Å². The van der Waals surface area contributed by atoms with Gasteiger partial charge in [-0.3, -0.25) is 14.9 Å². The SMILES string of the molecule is CC1C(=O)NC(=O)CN1c1ccccc1C(N)=S. The van der Waals surface area contributed by atoms with Gasteiger partial charge in [0, 0.05) is 11.3 Å². The number of carbonyl (C=O) groups excluding carboxylic acids is 2. The van der Waals surface area contributed by atoms with E-state index < -0.39 is 6.04 Å². The van der Waals surface area contributed by atoms with Gasteiger partial charge in [-0.05, 0) is 19.1 Å². The molecule has 1 aliphatic rings. The number of nitrogens with two attached hydrogens (primary N) is 1. The van der Waals surface area contributed by atoms with E-state index in [-0.39, 0.29) is 23.3 Å². The minimum atomic E-state index is -0.432. The van der Waals surface area contributed by atoms with Crippen molar-refractivity contribution in [1.82, 2.24) is 5.32 Å². The zero-order valence-corrected chi connectivity index (χ0v) is 10.7.